The number of nitrogens with zero attached hydrogens (tertiary/aromatic N) is 2. The molecule has 0 N–H and O–H groups in total. The summed E-state index contributed by atoms with van der Waals surface area (Å²) in [7, 11) is 1.41. The molecule has 0 atom stereocenters. The molecule has 192 valence electrons. The van der Waals surface area contributed by atoms with Crippen LogP contribution in [0.3, 0.4) is 0 Å². The van der Waals surface area contributed by atoms with Crippen molar-refractivity contribution >= 4 is 5.97 Å². The summed E-state index contributed by atoms with van der Waals surface area (Å²) in [6, 6.07) is 27.9. The van der Waals surface area contributed by atoms with E-state index in [1.165, 1.54) is 7.11 Å². The van der Waals surface area contributed by atoms with Gasteiger partial charge in [-0.15, -0.1) is 0 Å². The molecule has 38 heavy (non-hydrogen) atoms. The van der Waals surface area contributed by atoms with Crippen molar-refractivity contribution in [3.8, 4) is 22.9 Å². The summed E-state index contributed by atoms with van der Waals surface area (Å²) in [4.78, 5) is 17.1. The Labute approximate surface area is 222 Å². The summed E-state index contributed by atoms with van der Waals surface area (Å²) in [6.45, 7) is 2.43. The smallest absolute Gasteiger partial charge is 0.339 e. The van der Waals surface area contributed by atoms with Gasteiger partial charge in [0.05, 0.1) is 25.0 Å². The van der Waals surface area contributed by atoms with E-state index in [0.717, 1.165) is 46.0 Å². The molecule has 0 aliphatic carbocycles. The molecular weight excluding hydrogens is 476 g/mol. The number of aryl methyl sites for hydroxylation is 3. The van der Waals surface area contributed by atoms with E-state index in [1.807, 2.05) is 96.7 Å². The first-order valence-electron chi connectivity index (χ1n) is 12.7. The van der Waals surface area contributed by atoms with E-state index in [2.05, 4.69) is 17.1 Å². The minimum atomic E-state index is -0.328. The lowest BCUT2D eigenvalue weighted by atomic mass is 10.0. The number of benzene rings is 3. The number of hydrogen-bond acceptors (Lipinski definition) is 5. The second-order valence-electron chi connectivity index (χ2n) is 9.07. The first-order valence-corrected chi connectivity index (χ1v) is 12.7. The molecule has 0 aliphatic rings. The van der Waals surface area contributed by atoms with Gasteiger partial charge in [0, 0.05) is 30.1 Å². The first-order chi connectivity index (χ1) is 18.6. The van der Waals surface area contributed by atoms with Crippen LogP contribution in [0, 0.1) is 6.92 Å². The van der Waals surface area contributed by atoms with Crippen molar-refractivity contribution in [3.63, 3.8) is 0 Å². The Kier molecular flexibility index (Phi) is 7.69. The maximum absolute atomic E-state index is 12.4. The average Bonchev–Trinajstić information content (AvgIpc) is 3.56. The van der Waals surface area contributed by atoms with Gasteiger partial charge in [-0.05, 0) is 67.3 Å². The highest BCUT2D eigenvalue weighted by molar-refractivity contribution is 5.91. The van der Waals surface area contributed by atoms with Crippen molar-refractivity contribution < 1.29 is 18.7 Å². The normalized spacial score (nSPS) is 10.9. The molecule has 0 radical (unpaired) electrons. The van der Waals surface area contributed by atoms with Crippen molar-refractivity contribution in [2.75, 3.05) is 13.7 Å². The fraction of sp³-hybridized carbons (Fsp3) is 0.188. The molecule has 0 saturated heterocycles. The van der Waals surface area contributed by atoms with Gasteiger partial charge in [-0.3, -0.25) is 0 Å². The van der Waals surface area contributed by atoms with Crippen molar-refractivity contribution in [2.45, 2.75) is 26.2 Å². The predicted molar refractivity (Wildman–Crippen MR) is 147 cm³/mol. The Morgan fingerprint density at radius 2 is 1.66 bits per heavy atom. The molecule has 5 aromatic rings. The van der Waals surface area contributed by atoms with Crippen LogP contribution in [0.5, 0.6) is 5.75 Å². The number of methoxy groups -OCH3 is 1. The summed E-state index contributed by atoms with van der Waals surface area (Å²) < 4.78 is 18.9. The zero-order chi connectivity index (χ0) is 26.3. The molecule has 0 unspecified atom stereocenters. The third-order valence-electron chi connectivity index (χ3n) is 6.47. The highest BCUT2D eigenvalue weighted by Crippen LogP contribution is 2.23. The molecule has 0 spiro atoms. The van der Waals surface area contributed by atoms with Gasteiger partial charge in [0.1, 0.15) is 11.5 Å². The predicted octanol–water partition coefficient (Wildman–Crippen LogP) is 6.63. The lowest BCUT2D eigenvalue weighted by Crippen LogP contribution is -2.04. The molecule has 2 aromatic heterocycles. The quantitative estimate of drug-likeness (QED) is 0.199. The Balaban J connectivity index is 1.21. The fourth-order valence-corrected chi connectivity index (χ4v) is 4.44. The van der Waals surface area contributed by atoms with E-state index >= 15 is 0 Å². The highest BCUT2D eigenvalue weighted by Gasteiger charge is 2.16. The monoisotopic (exact) mass is 506 g/mol. The molecule has 0 saturated carbocycles. The number of para-hydroxylation sites is 1. The van der Waals surface area contributed by atoms with Gasteiger partial charge in [-0.25, -0.2) is 9.78 Å². The Morgan fingerprint density at radius 3 is 2.42 bits per heavy atom. The van der Waals surface area contributed by atoms with Gasteiger partial charge in [0.25, 0.3) is 0 Å². The number of oxazole rings is 1. The topological polar surface area (TPSA) is 66.5 Å². The molecule has 6 heteroatoms. The van der Waals surface area contributed by atoms with E-state index in [9.17, 15) is 4.79 Å². The maximum Gasteiger partial charge on any atom is 0.339 e. The summed E-state index contributed by atoms with van der Waals surface area (Å²) >= 11 is 0. The Hall–Kier alpha value is -4.58. The summed E-state index contributed by atoms with van der Waals surface area (Å²) in [6.07, 6.45) is 5.97. The van der Waals surface area contributed by atoms with Gasteiger partial charge in [0.2, 0.25) is 5.89 Å². The van der Waals surface area contributed by atoms with Crippen molar-refractivity contribution in [3.05, 3.63) is 125 Å². The zero-order valence-corrected chi connectivity index (χ0v) is 21.6. The second kappa shape index (κ2) is 11.6. The van der Waals surface area contributed by atoms with Crippen LogP contribution in [0.25, 0.3) is 17.1 Å². The molecule has 0 aliphatic heterocycles. The van der Waals surface area contributed by atoms with E-state index < -0.39 is 0 Å². The van der Waals surface area contributed by atoms with Crippen LogP contribution in [0.4, 0.5) is 0 Å². The molecule has 5 rings (SSSR count). The molecule has 0 fully saturated rings. The third kappa shape index (κ3) is 5.86. The number of aromatic nitrogens is 2. The highest BCUT2D eigenvalue weighted by atomic mass is 16.5. The number of ether oxygens (including phenoxy) is 2. The molecule has 6 nitrogen and oxygen atoms in total. The number of carbonyl (C=O) groups is 1. The van der Waals surface area contributed by atoms with E-state index in [1.54, 1.807) is 0 Å². The summed E-state index contributed by atoms with van der Waals surface area (Å²) in [5.41, 5.74) is 5.53. The minimum Gasteiger partial charge on any atom is -0.493 e. The van der Waals surface area contributed by atoms with Crippen molar-refractivity contribution in [2.24, 2.45) is 0 Å². The van der Waals surface area contributed by atoms with E-state index in [-0.39, 0.29) is 5.97 Å². The lowest BCUT2D eigenvalue weighted by molar-refractivity contribution is 0.0599. The van der Waals surface area contributed by atoms with Crippen LogP contribution < -0.4 is 4.74 Å². The van der Waals surface area contributed by atoms with Gasteiger partial charge < -0.3 is 18.5 Å². The molecule has 0 bridgehead atoms. The zero-order valence-electron chi connectivity index (χ0n) is 21.6. The minimum absolute atomic E-state index is 0.328. The molecule has 0 amide bonds. The van der Waals surface area contributed by atoms with Gasteiger partial charge in [-0.2, -0.15) is 0 Å². The summed E-state index contributed by atoms with van der Waals surface area (Å²) in [5.74, 6) is 1.92. The number of rotatable bonds is 10. The lowest BCUT2D eigenvalue weighted by Gasteiger charge is -2.08. The second-order valence-corrected chi connectivity index (χ2v) is 9.07. The summed E-state index contributed by atoms with van der Waals surface area (Å²) in [5, 5.41) is 0. The molecule has 2 heterocycles. The van der Waals surface area contributed by atoms with Crippen LogP contribution in [0.15, 0.2) is 102 Å². The van der Waals surface area contributed by atoms with Crippen molar-refractivity contribution in [1.29, 1.82) is 0 Å². The van der Waals surface area contributed by atoms with Crippen LogP contribution in [-0.4, -0.2) is 29.2 Å². The van der Waals surface area contributed by atoms with E-state index in [0.29, 0.717) is 30.9 Å². The van der Waals surface area contributed by atoms with Crippen LogP contribution in [0.2, 0.25) is 0 Å². The maximum atomic E-state index is 12.4. The average molecular weight is 507 g/mol. The van der Waals surface area contributed by atoms with Crippen LogP contribution in [0.1, 0.15) is 32.9 Å². The number of esters is 1. The standard InChI is InChI=1S/C32H30N2O4/c1-23-30(33-31(38-23)25-11-5-3-6-12-25)18-19-37-28-15-9-10-24(20-28)16-17-26-21-34(22-29(26)32(35)36-2)27-13-7-4-8-14-27/h3-15,20-22H,16-19H2,1-2H3. The van der Waals surface area contributed by atoms with Crippen molar-refractivity contribution in [1.82, 2.24) is 9.55 Å². The first kappa shape index (κ1) is 25.1. The Bertz CT molecular complexity index is 1500. The fourth-order valence-electron chi connectivity index (χ4n) is 4.44. The van der Waals surface area contributed by atoms with E-state index in [4.69, 9.17) is 13.9 Å². The number of hydrogen-bond donors (Lipinski definition) is 0. The largest absolute Gasteiger partial charge is 0.493 e. The SMILES string of the molecule is COC(=O)c1cn(-c2ccccc2)cc1CCc1cccc(OCCc2nc(-c3ccccc3)oc2C)c1. The van der Waals surface area contributed by atoms with Crippen LogP contribution >= 0.6 is 0 Å². The van der Waals surface area contributed by atoms with Gasteiger partial charge in [-0.1, -0.05) is 48.5 Å². The number of carbonyl (C=O) groups excluding carboxylic acids is 1. The molecule has 3 aromatic carbocycles. The molecular formula is C32H30N2O4. The van der Waals surface area contributed by atoms with Gasteiger partial charge >= 0.3 is 5.97 Å². The third-order valence-corrected chi connectivity index (χ3v) is 6.47. The van der Waals surface area contributed by atoms with Crippen LogP contribution in [-0.2, 0) is 24.0 Å². The Morgan fingerprint density at radius 1 is 0.895 bits per heavy atom. The van der Waals surface area contributed by atoms with Gasteiger partial charge in [0.15, 0.2) is 0 Å².